The summed E-state index contributed by atoms with van der Waals surface area (Å²) in [4.78, 5) is 0. The number of ether oxygens (including phenoxy) is 1. The molecule has 0 radical (unpaired) electrons. The van der Waals surface area contributed by atoms with Crippen LogP contribution in [0.4, 0.5) is 5.69 Å². The molecule has 1 unspecified atom stereocenters. The van der Waals surface area contributed by atoms with Gasteiger partial charge in [0.2, 0.25) is 0 Å². The third-order valence-corrected chi connectivity index (χ3v) is 3.05. The molecule has 82 valence electrons. The first-order valence-electron chi connectivity index (χ1n) is 5.75. The molecule has 0 aromatic heterocycles. The average molecular weight is 213 g/mol. The Morgan fingerprint density at radius 1 is 1.06 bits per heavy atom. The van der Waals surface area contributed by atoms with Crippen LogP contribution in [0.5, 0.6) is 0 Å². The van der Waals surface area contributed by atoms with Crippen LogP contribution in [0.15, 0.2) is 42.5 Å². The highest BCUT2D eigenvalue weighted by molar-refractivity contribution is 5.85. The van der Waals surface area contributed by atoms with Gasteiger partial charge in [-0.2, -0.15) is 0 Å². The van der Waals surface area contributed by atoms with Crippen LogP contribution in [-0.4, -0.2) is 19.3 Å². The van der Waals surface area contributed by atoms with Gasteiger partial charge in [-0.1, -0.05) is 30.3 Å². The minimum absolute atomic E-state index is 0.473. The summed E-state index contributed by atoms with van der Waals surface area (Å²) < 4.78 is 5.35. The van der Waals surface area contributed by atoms with Crippen molar-refractivity contribution in [2.75, 3.05) is 18.5 Å². The summed E-state index contributed by atoms with van der Waals surface area (Å²) in [5.41, 5.74) is 1.19. The van der Waals surface area contributed by atoms with Crippen molar-refractivity contribution in [2.24, 2.45) is 0 Å². The molecule has 2 nitrogen and oxygen atoms in total. The summed E-state index contributed by atoms with van der Waals surface area (Å²) >= 11 is 0. The van der Waals surface area contributed by atoms with Crippen LogP contribution in [0.3, 0.4) is 0 Å². The molecule has 1 aliphatic rings. The topological polar surface area (TPSA) is 21.3 Å². The van der Waals surface area contributed by atoms with Gasteiger partial charge < -0.3 is 10.1 Å². The number of nitrogens with one attached hydrogen (secondary N) is 1. The van der Waals surface area contributed by atoms with Gasteiger partial charge in [-0.05, 0) is 29.3 Å². The summed E-state index contributed by atoms with van der Waals surface area (Å²) in [6.07, 6.45) is 1.10. The maximum atomic E-state index is 5.35. The van der Waals surface area contributed by atoms with Gasteiger partial charge in [-0.3, -0.25) is 0 Å². The third kappa shape index (κ3) is 1.89. The average Bonchev–Trinajstić information content (AvgIpc) is 2.82. The SMILES string of the molecule is c1ccc2cc(NC3CCOC3)ccc2c1. The molecule has 0 spiro atoms. The Morgan fingerprint density at radius 3 is 2.75 bits per heavy atom. The van der Waals surface area contributed by atoms with Crippen molar-refractivity contribution < 1.29 is 4.74 Å². The van der Waals surface area contributed by atoms with Gasteiger partial charge in [0, 0.05) is 12.3 Å². The molecule has 0 amide bonds. The number of fused-ring (bicyclic) bond motifs is 1. The van der Waals surface area contributed by atoms with Crippen molar-refractivity contribution in [2.45, 2.75) is 12.5 Å². The number of hydrogen-bond donors (Lipinski definition) is 1. The number of rotatable bonds is 2. The van der Waals surface area contributed by atoms with E-state index in [0.29, 0.717) is 6.04 Å². The van der Waals surface area contributed by atoms with Crippen LogP contribution in [-0.2, 0) is 4.74 Å². The Morgan fingerprint density at radius 2 is 1.94 bits per heavy atom. The predicted octanol–water partition coefficient (Wildman–Crippen LogP) is 3.04. The molecule has 2 aromatic carbocycles. The van der Waals surface area contributed by atoms with Crippen LogP contribution in [0.2, 0.25) is 0 Å². The second-order valence-corrected chi connectivity index (χ2v) is 4.27. The van der Waals surface area contributed by atoms with E-state index >= 15 is 0 Å². The lowest BCUT2D eigenvalue weighted by molar-refractivity contribution is 0.195. The molecule has 2 aromatic rings. The minimum Gasteiger partial charge on any atom is -0.380 e. The first kappa shape index (κ1) is 9.67. The lowest BCUT2D eigenvalue weighted by atomic mass is 10.1. The summed E-state index contributed by atoms with van der Waals surface area (Å²) in [6, 6.07) is 15.4. The van der Waals surface area contributed by atoms with E-state index in [-0.39, 0.29) is 0 Å². The molecule has 0 aliphatic carbocycles. The lowest BCUT2D eigenvalue weighted by Gasteiger charge is -2.12. The van der Waals surface area contributed by atoms with Gasteiger partial charge in [-0.15, -0.1) is 0 Å². The third-order valence-electron chi connectivity index (χ3n) is 3.05. The zero-order valence-electron chi connectivity index (χ0n) is 9.15. The maximum Gasteiger partial charge on any atom is 0.0668 e. The van der Waals surface area contributed by atoms with Gasteiger partial charge in [0.15, 0.2) is 0 Å². The Labute approximate surface area is 95.2 Å². The van der Waals surface area contributed by atoms with Crippen LogP contribution in [0.25, 0.3) is 10.8 Å². The van der Waals surface area contributed by atoms with Crippen LogP contribution >= 0.6 is 0 Å². The molecular formula is C14H15NO. The van der Waals surface area contributed by atoms with Gasteiger partial charge in [-0.25, -0.2) is 0 Å². The van der Waals surface area contributed by atoms with E-state index in [4.69, 9.17) is 4.74 Å². The predicted molar refractivity (Wildman–Crippen MR) is 66.8 cm³/mol. The highest BCUT2D eigenvalue weighted by Gasteiger charge is 2.14. The van der Waals surface area contributed by atoms with Gasteiger partial charge in [0.25, 0.3) is 0 Å². The first-order valence-corrected chi connectivity index (χ1v) is 5.75. The molecule has 1 aliphatic heterocycles. The molecular weight excluding hydrogens is 198 g/mol. The zero-order valence-corrected chi connectivity index (χ0v) is 9.15. The summed E-state index contributed by atoms with van der Waals surface area (Å²) in [6.45, 7) is 1.71. The summed E-state index contributed by atoms with van der Waals surface area (Å²) in [5, 5.41) is 6.08. The van der Waals surface area contributed by atoms with Gasteiger partial charge in [0.1, 0.15) is 0 Å². The minimum atomic E-state index is 0.473. The molecule has 1 N–H and O–H groups in total. The van der Waals surface area contributed by atoms with Crippen molar-refractivity contribution in [1.82, 2.24) is 0 Å². The van der Waals surface area contributed by atoms with Crippen LogP contribution < -0.4 is 5.32 Å². The smallest absolute Gasteiger partial charge is 0.0668 e. The number of anilines is 1. The van der Waals surface area contributed by atoms with Gasteiger partial charge >= 0.3 is 0 Å². The summed E-state index contributed by atoms with van der Waals surface area (Å²) in [5.74, 6) is 0. The quantitative estimate of drug-likeness (QED) is 0.828. The van der Waals surface area contributed by atoms with E-state index in [0.717, 1.165) is 19.6 Å². The molecule has 2 heteroatoms. The van der Waals surface area contributed by atoms with E-state index in [9.17, 15) is 0 Å². The Bertz CT molecular complexity index is 489. The molecule has 1 heterocycles. The molecule has 1 atom stereocenters. The van der Waals surface area contributed by atoms with E-state index in [2.05, 4.69) is 47.8 Å². The van der Waals surface area contributed by atoms with Crippen LogP contribution in [0, 0.1) is 0 Å². The molecule has 1 fully saturated rings. The summed E-state index contributed by atoms with van der Waals surface area (Å²) in [7, 11) is 0. The number of hydrogen-bond acceptors (Lipinski definition) is 2. The van der Waals surface area contributed by atoms with E-state index in [1.54, 1.807) is 0 Å². The fourth-order valence-corrected chi connectivity index (χ4v) is 2.16. The standard InChI is InChI=1S/C14H15NO/c1-2-4-12-9-13(6-5-11(12)3-1)15-14-7-8-16-10-14/h1-6,9,14-15H,7-8,10H2. The molecule has 0 bridgehead atoms. The highest BCUT2D eigenvalue weighted by Crippen LogP contribution is 2.20. The van der Waals surface area contributed by atoms with Crippen molar-refractivity contribution in [1.29, 1.82) is 0 Å². The Balaban J connectivity index is 1.86. The molecule has 1 saturated heterocycles. The first-order chi connectivity index (χ1) is 7.92. The largest absolute Gasteiger partial charge is 0.380 e. The van der Waals surface area contributed by atoms with Crippen molar-refractivity contribution in [3.63, 3.8) is 0 Å². The molecule has 16 heavy (non-hydrogen) atoms. The van der Waals surface area contributed by atoms with E-state index in [1.807, 2.05) is 0 Å². The molecule has 3 rings (SSSR count). The Kier molecular flexibility index (Phi) is 2.50. The van der Waals surface area contributed by atoms with Crippen molar-refractivity contribution in [3.05, 3.63) is 42.5 Å². The van der Waals surface area contributed by atoms with Crippen molar-refractivity contribution >= 4 is 16.5 Å². The fraction of sp³-hybridized carbons (Fsp3) is 0.286. The lowest BCUT2D eigenvalue weighted by Crippen LogP contribution is -2.18. The number of benzene rings is 2. The van der Waals surface area contributed by atoms with E-state index in [1.165, 1.54) is 16.5 Å². The normalized spacial score (nSPS) is 20.1. The maximum absolute atomic E-state index is 5.35. The second kappa shape index (κ2) is 4.14. The fourth-order valence-electron chi connectivity index (χ4n) is 2.16. The van der Waals surface area contributed by atoms with Crippen LogP contribution in [0.1, 0.15) is 6.42 Å². The van der Waals surface area contributed by atoms with Gasteiger partial charge in [0.05, 0.1) is 12.6 Å². The zero-order chi connectivity index (χ0) is 10.8. The monoisotopic (exact) mass is 213 g/mol. The molecule has 0 saturated carbocycles. The van der Waals surface area contributed by atoms with Crippen molar-refractivity contribution in [3.8, 4) is 0 Å². The Hall–Kier alpha value is -1.54. The highest BCUT2D eigenvalue weighted by atomic mass is 16.5. The van der Waals surface area contributed by atoms with E-state index < -0.39 is 0 Å². The second-order valence-electron chi connectivity index (χ2n) is 4.27.